The summed E-state index contributed by atoms with van der Waals surface area (Å²) in [5.41, 5.74) is -0.436. The lowest BCUT2D eigenvalue weighted by Gasteiger charge is -2.21. The van der Waals surface area contributed by atoms with Crippen LogP contribution >= 0.6 is 0 Å². The number of rotatable bonds is 6. The molecule has 0 saturated carbocycles. The molecule has 0 aliphatic rings. The molecule has 1 rings (SSSR count). The fourth-order valence-corrected chi connectivity index (χ4v) is 1.60. The quantitative estimate of drug-likeness (QED) is 0.562. The molecule has 0 heterocycles. The van der Waals surface area contributed by atoms with Crippen molar-refractivity contribution in [2.24, 2.45) is 5.41 Å². The molecule has 0 fully saturated rings. The summed E-state index contributed by atoms with van der Waals surface area (Å²) in [5, 5.41) is 0. The summed E-state index contributed by atoms with van der Waals surface area (Å²) in [6.45, 7) is 4.40. The Balaban J connectivity index is 2.27. The number of hydrogen-bond acceptors (Lipinski definition) is 3. The lowest BCUT2D eigenvalue weighted by atomic mass is 9.88. The molecule has 1 aromatic carbocycles. The Morgan fingerprint density at radius 3 is 2.47 bits per heavy atom. The van der Waals surface area contributed by atoms with Gasteiger partial charge in [0.2, 0.25) is 0 Å². The highest BCUT2D eigenvalue weighted by Crippen LogP contribution is 2.24. The molecule has 0 atom stereocenters. The molecule has 3 nitrogen and oxygen atoms in total. The topological polar surface area (TPSA) is 35.5 Å². The molecule has 0 amide bonds. The second kappa shape index (κ2) is 6.28. The maximum absolute atomic E-state index is 11.4. The summed E-state index contributed by atoms with van der Waals surface area (Å²) in [5.74, 6) is 0.695. The molecule has 0 N–H and O–H groups in total. The molecule has 0 bridgehead atoms. The molecule has 1 aromatic rings. The molecule has 94 valence electrons. The van der Waals surface area contributed by atoms with Crippen LogP contribution in [0.4, 0.5) is 0 Å². The molecule has 3 heteroatoms. The van der Waals surface area contributed by atoms with E-state index in [1.807, 2.05) is 44.2 Å². The van der Waals surface area contributed by atoms with Crippen LogP contribution in [0.2, 0.25) is 0 Å². The molecule has 0 aliphatic heterocycles. The maximum Gasteiger partial charge on any atom is 0.311 e. The largest absolute Gasteiger partial charge is 0.494 e. The zero-order valence-corrected chi connectivity index (χ0v) is 10.7. The van der Waals surface area contributed by atoms with E-state index in [0.717, 1.165) is 18.6 Å². The first-order chi connectivity index (χ1) is 8.06. The van der Waals surface area contributed by atoms with Gasteiger partial charge in [0, 0.05) is 0 Å². The summed E-state index contributed by atoms with van der Waals surface area (Å²) in [6.07, 6.45) is 1.59. The Hall–Kier alpha value is -1.51. The van der Waals surface area contributed by atoms with Gasteiger partial charge in [0.15, 0.2) is 0 Å². The number of ether oxygens (including phenoxy) is 2. The maximum atomic E-state index is 11.4. The van der Waals surface area contributed by atoms with Crippen LogP contribution in [-0.2, 0) is 9.53 Å². The van der Waals surface area contributed by atoms with Crippen molar-refractivity contribution in [1.82, 2.24) is 0 Å². The van der Waals surface area contributed by atoms with Gasteiger partial charge in [-0.1, -0.05) is 18.2 Å². The van der Waals surface area contributed by atoms with Gasteiger partial charge in [0.1, 0.15) is 5.75 Å². The number of carbonyl (C=O) groups excluding carboxylic acids is 1. The van der Waals surface area contributed by atoms with Crippen LogP contribution in [0, 0.1) is 5.41 Å². The van der Waals surface area contributed by atoms with Gasteiger partial charge >= 0.3 is 5.97 Å². The monoisotopic (exact) mass is 236 g/mol. The van der Waals surface area contributed by atoms with E-state index < -0.39 is 5.41 Å². The Labute approximate surface area is 103 Å². The standard InChI is InChI=1S/C14H20O3/c1-14(2,13(15)16-3)10-7-11-17-12-8-5-4-6-9-12/h4-6,8-9H,7,10-11H2,1-3H3. The highest BCUT2D eigenvalue weighted by Gasteiger charge is 2.27. The normalized spacial score (nSPS) is 11.0. The Kier molecular flexibility index (Phi) is 5.01. The third-order valence-corrected chi connectivity index (χ3v) is 2.70. The minimum atomic E-state index is -0.436. The fraction of sp³-hybridized carbons (Fsp3) is 0.500. The predicted molar refractivity (Wildman–Crippen MR) is 67.0 cm³/mol. The van der Waals surface area contributed by atoms with Gasteiger partial charge in [-0.05, 0) is 38.8 Å². The first-order valence-corrected chi connectivity index (χ1v) is 5.82. The lowest BCUT2D eigenvalue weighted by molar-refractivity contribution is -0.151. The van der Waals surface area contributed by atoms with Gasteiger partial charge in [-0.25, -0.2) is 0 Å². The zero-order chi connectivity index (χ0) is 12.7. The first-order valence-electron chi connectivity index (χ1n) is 5.82. The van der Waals surface area contributed by atoms with Crippen molar-refractivity contribution < 1.29 is 14.3 Å². The van der Waals surface area contributed by atoms with Crippen LogP contribution in [-0.4, -0.2) is 19.7 Å². The minimum Gasteiger partial charge on any atom is -0.494 e. The Morgan fingerprint density at radius 1 is 1.24 bits per heavy atom. The van der Waals surface area contributed by atoms with Crippen molar-refractivity contribution in [3.8, 4) is 5.75 Å². The van der Waals surface area contributed by atoms with Crippen LogP contribution in [0.1, 0.15) is 26.7 Å². The molecule has 0 aromatic heterocycles. The molecular weight excluding hydrogens is 216 g/mol. The molecule has 17 heavy (non-hydrogen) atoms. The Bertz CT molecular complexity index is 344. The fourth-order valence-electron chi connectivity index (χ4n) is 1.60. The third-order valence-electron chi connectivity index (χ3n) is 2.70. The van der Waals surface area contributed by atoms with Gasteiger partial charge in [0.25, 0.3) is 0 Å². The van der Waals surface area contributed by atoms with E-state index in [1.165, 1.54) is 7.11 Å². The second-order valence-electron chi connectivity index (χ2n) is 4.64. The number of benzene rings is 1. The van der Waals surface area contributed by atoms with E-state index in [0.29, 0.717) is 6.61 Å². The van der Waals surface area contributed by atoms with E-state index in [2.05, 4.69) is 0 Å². The van der Waals surface area contributed by atoms with E-state index in [-0.39, 0.29) is 5.97 Å². The molecule has 0 aliphatic carbocycles. The van der Waals surface area contributed by atoms with E-state index in [1.54, 1.807) is 0 Å². The van der Waals surface area contributed by atoms with Gasteiger partial charge in [-0.2, -0.15) is 0 Å². The first kappa shape index (κ1) is 13.6. The van der Waals surface area contributed by atoms with E-state index in [4.69, 9.17) is 9.47 Å². The molecule has 0 spiro atoms. The number of esters is 1. The van der Waals surface area contributed by atoms with Crippen LogP contribution in [0.5, 0.6) is 5.75 Å². The van der Waals surface area contributed by atoms with Gasteiger partial charge in [0.05, 0.1) is 19.1 Å². The third kappa shape index (κ3) is 4.47. The average Bonchev–Trinajstić information content (AvgIpc) is 2.35. The summed E-state index contributed by atoms with van der Waals surface area (Å²) in [6, 6.07) is 9.67. The molecule has 0 unspecified atom stereocenters. The minimum absolute atomic E-state index is 0.169. The molecule has 0 saturated heterocycles. The van der Waals surface area contributed by atoms with Crippen LogP contribution < -0.4 is 4.74 Å². The SMILES string of the molecule is COC(=O)C(C)(C)CCCOc1ccccc1. The highest BCUT2D eigenvalue weighted by atomic mass is 16.5. The lowest BCUT2D eigenvalue weighted by Crippen LogP contribution is -2.26. The summed E-state index contributed by atoms with van der Waals surface area (Å²) in [4.78, 5) is 11.4. The van der Waals surface area contributed by atoms with Gasteiger partial charge in [-0.3, -0.25) is 4.79 Å². The number of carbonyl (C=O) groups is 1. The van der Waals surface area contributed by atoms with Crippen molar-refractivity contribution in [3.05, 3.63) is 30.3 Å². The summed E-state index contributed by atoms with van der Waals surface area (Å²) in [7, 11) is 1.42. The summed E-state index contributed by atoms with van der Waals surface area (Å²) < 4.78 is 10.3. The molecular formula is C14H20O3. The zero-order valence-electron chi connectivity index (χ0n) is 10.7. The van der Waals surface area contributed by atoms with Crippen molar-refractivity contribution in [2.75, 3.05) is 13.7 Å². The molecule has 0 radical (unpaired) electrons. The smallest absolute Gasteiger partial charge is 0.311 e. The van der Waals surface area contributed by atoms with Crippen LogP contribution in [0.15, 0.2) is 30.3 Å². The van der Waals surface area contributed by atoms with Crippen LogP contribution in [0.3, 0.4) is 0 Å². The van der Waals surface area contributed by atoms with Crippen molar-refractivity contribution in [3.63, 3.8) is 0 Å². The van der Waals surface area contributed by atoms with Gasteiger partial charge < -0.3 is 9.47 Å². The number of hydrogen-bond donors (Lipinski definition) is 0. The Morgan fingerprint density at radius 2 is 1.88 bits per heavy atom. The van der Waals surface area contributed by atoms with Crippen molar-refractivity contribution in [2.45, 2.75) is 26.7 Å². The van der Waals surface area contributed by atoms with E-state index in [9.17, 15) is 4.79 Å². The van der Waals surface area contributed by atoms with Crippen molar-refractivity contribution in [1.29, 1.82) is 0 Å². The number of methoxy groups -OCH3 is 1. The summed E-state index contributed by atoms with van der Waals surface area (Å²) >= 11 is 0. The van der Waals surface area contributed by atoms with E-state index >= 15 is 0 Å². The van der Waals surface area contributed by atoms with Crippen molar-refractivity contribution >= 4 is 5.97 Å². The van der Waals surface area contributed by atoms with Gasteiger partial charge in [-0.15, -0.1) is 0 Å². The predicted octanol–water partition coefficient (Wildman–Crippen LogP) is 3.04. The second-order valence-corrected chi connectivity index (χ2v) is 4.64. The van der Waals surface area contributed by atoms with Crippen LogP contribution in [0.25, 0.3) is 0 Å². The number of para-hydroxylation sites is 1. The highest BCUT2D eigenvalue weighted by molar-refractivity contribution is 5.75. The average molecular weight is 236 g/mol.